The number of carbonyl (C=O) groups is 2. The molecule has 0 bridgehead atoms. The number of hydrogen-bond acceptors (Lipinski definition) is 5. The molecule has 2 aromatic carbocycles. The molecule has 2 aliphatic rings. The molecule has 180 valence electrons. The number of hydrogen-bond donors (Lipinski definition) is 2. The molecule has 3 amide bonds. The van der Waals surface area contributed by atoms with Gasteiger partial charge in [0.25, 0.3) is 0 Å². The summed E-state index contributed by atoms with van der Waals surface area (Å²) in [5.74, 6) is -0.559. The number of urea groups is 1. The number of ether oxygens (including phenoxy) is 1. The first-order valence-corrected chi connectivity index (χ1v) is 11.9. The number of aliphatic hydroxyl groups is 2. The molecule has 1 fully saturated rings. The van der Waals surface area contributed by atoms with Gasteiger partial charge in [0.05, 0.1) is 0 Å². The van der Waals surface area contributed by atoms with Crippen molar-refractivity contribution < 1.29 is 24.5 Å². The standard InChI is InChI=1S/C25H26Cl2N2O5/c26-18-8-6-16(7-9-18)14-20-21-23(32)28(10-2-12-30)25(33)29(11-3-13-31)24(21)34-22(20)17-4-1-5-19(27)15-17/h1,4-9,15,21,24,30-31H,2-3,10-14H2. The average molecular weight is 505 g/mol. The Morgan fingerprint density at radius 1 is 0.912 bits per heavy atom. The van der Waals surface area contributed by atoms with Gasteiger partial charge in [-0.1, -0.05) is 47.5 Å². The highest BCUT2D eigenvalue weighted by molar-refractivity contribution is 6.31. The SMILES string of the molecule is O=C1C2C(Cc3ccc(Cl)cc3)=C(c3cccc(Cl)c3)OC2N(CCCO)C(=O)N1CCCO. The van der Waals surface area contributed by atoms with Gasteiger partial charge in [-0.3, -0.25) is 14.6 Å². The van der Waals surface area contributed by atoms with Crippen LogP contribution in [0.15, 0.2) is 54.1 Å². The van der Waals surface area contributed by atoms with E-state index >= 15 is 0 Å². The fourth-order valence-corrected chi connectivity index (χ4v) is 4.73. The molecular formula is C25H26Cl2N2O5. The number of rotatable bonds is 9. The molecule has 9 heteroatoms. The predicted molar refractivity (Wildman–Crippen MR) is 129 cm³/mol. The van der Waals surface area contributed by atoms with E-state index in [9.17, 15) is 19.8 Å². The molecule has 0 spiro atoms. The summed E-state index contributed by atoms with van der Waals surface area (Å²) < 4.78 is 6.34. The summed E-state index contributed by atoms with van der Waals surface area (Å²) in [5.41, 5.74) is 2.40. The Morgan fingerprint density at radius 3 is 2.29 bits per heavy atom. The van der Waals surface area contributed by atoms with Crippen LogP contribution in [-0.2, 0) is 16.0 Å². The van der Waals surface area contributed by atoms with Gasteiger partial charge < -0.3 is 14.9 Å². The van der Waals surface area contributed by atoms with E-state index in [1.54, 1.807) is 30.3 Å². The van der Waals surface area contributed by atoms with Crippen LogP contribution in [0.5, 0.6) is 0 Å². The minimum atomic E-state index is -0.826. The van der Waals surface area contributed by atoms with Gasteiger partial charge in [-0.15, -0.1) is 0 Å². The normalized spacial score (nSPS) is 20.1. The van der Waals surface area contributed by atoms with E-state index in [1.165, 1.54) is 9.80 Å². The number of imide groups is 1. The van der Waals surface area contributed by atoms with Gasteiger partial charge in [0.1, 0.15) is 11.7 Å². The molecule has 0 aromatic heterocycles. The quantitative estimate of drug-likeness (QED) is 0.539. The second kappa shape index (κ2) is 10.8. The number of carbonyl (C=O) groups excluding carboxylic acids is 2. The summed E-state index contributed by atoms with van der Waals surface area (Å²) >= 11 is 12.3. The van der Waals surface area contributed by atoms with Crippen LogP contribution in [0.1, 0.15) is 24.0 Å². The molecule has 34 heavy (non-hydrogen) atoms. The maximum atomic E-state index is 13.6. The van der Waals surface area contributed by atoms with Crippen LogP contribution >= 0.6 is 23.2 Å². The van der Waals surface area contributed by atoms with E-state index in [0.717, 1.165) is 16.7 Å². The molecular weight excluding hydrogens is 479 g/mol. The zero-order valence-electron chi connectivity index (χ0n) is 18.5. The molecule has 2 atom stereocenters. The van der Waals surface area contributed by atoms with Crippen molar-refractivity contribution in [3.8, 4) is 0 Å². The van der Waals surface area contributed by atoms with Crippen LogP contribution in [0, 0.1) is 5.92 Å². The third-order valence-electron chi connectivity index (χ3n) is 6.00. The van der Waals surface area contributed by atoms with Gasteiger partial charge in [0.2, 0.25) is 5.91 Å². The third kappa shape index (κ3) is 4.93. The first kappa shape index (κ1) is 24.5. The van der Waals surface area contributed by atoms with Crippen LogP contribution in [0.3, 0.4) is 0 Å². The summed E-state index contributed by atoms with van der Waals surface area (Å²) in [6.07, 6.45) is 0.218. The molecule has 0 aliphatic carbocycles. The maximum Gasteiger partial charge on any atom is 0.329 e. The average Bonchev–Trinajstić information content (AvgIpc) is 3.19. The van der Waals surface area contributed by atoms with Crippen LogP contribution in [0.25, 0.3) is 5.76 Å². The van der Waals surface area contributed by atoms with Crippen LogP contribution in [0.2, 0.25) is 10.0 Å². The lowest BCUT2D eigenvalue weighted by molar-refractivity contribution is -0.143. The van der Waals surface area contributed by atoms with Crippen LogP contribution in [0.4, 0.5) is 4.79 Å². The number of benzene rings is 2. The van der Waals surface area contributed by atoms with E-state index in [1.807, 2.05) is 18.2 Å². The first-order chi connectivity index (χ1) is 16.4. The Morgan fingerprint density at radius 2 is 1.62 bits per heavy atom. The molecule has 2 aliphatic heterocycles. The Bertz CT molecular complexity index is 1090. The second-order valence-electron chi connectivity index (χ2n) is 8.27. The highest BCUT2D eigenvalue weighted by Gasteiger charge is 2.53. The summed E-state index contributed by atoms with van der Waals surface area (Å²) in [5, 5.41) is 19.8. The zero-order valence-corrected chi connectivity index (χ0v) is 20.0. The molecule has 2 aromatic rings. The van der Waals surface area contributed by atoms with Crippen molar-refractivity contribution in [2.75, 3.05) is 26.3 Å². The van der Waals surface area contributed by atoms with E-state index in [-0.39, 0.29) is 38.6 Å². The third-order valence-corrected chi connectivity index (χ3v) is 6.49. The fraction of sp³-hybridized carbons (Fsp3) is 0.360. The fourth-order valence-electron chi connectivity index (χ4n) is 4.41. The van der Waals surface area contributed by atoms with Crippen molar-refractivity contribution in [2.24, 2.45) is 5.92 Å². The number of nitrogens with zero attached hydrogens (tertiary/aromatic N) is 2. The number of halogens is 2. The van der Waals surface area contributed by atoms with E-state index < -0.39 is 18.2 Å². The Balaban J connectivity index is 1.80. The molecule has 1 saturated heterocycles. The maximum absolute atomic E-state index is 13.6. The van der Waals surface area contributed by atoms with Crippen LogP contribution < -0.4 is 0 Å². The lowest BCUT2D eigenvalue weighted by Gasteiger charge is -2.41. The molecule has 0 radical (unpaired) electrons. The van der Waals surface area contributed by atoms with Gasteiger partial charge in [0.15, 0.2) is 6.23 Å². The molecule has 7 nitrogen and oxygen atoms in total. The number of fused-ring (bicyclic) bond motifs is 1. The highest BCUT2D eigenvalue weighted by Crippen LogP contribution is 2.44. The Hall–Kier alpha value is -2.58. The summed E-state index contributed by atoms with van der Waals surface area (Å²) in [6.45, 7) is 0.0989. The molecule has 4 rings (SSSR count). The molecule has 2 N–H and O–H groups in total. The minimum Gasteiger partial charge on any atom is -0.469 e. The lowest BCUT2D eigenvalue weighted by Crippen LogP contribution is -2.61. The zero-order chi connectivity index (χ0) is 24.2. The largest absolute Gasteiger partial charge is 0.469 e. The molecule has 2 unspecified atom stereocenters. The summed E-state index contributed by atoms with van der Waals surface area (Å²) in [6, 6.07) is 14.1. The van der Waals surface area contributed by atoms with E-state index in [4.69, 9.17) is 27.9 Å². The van der Waals surface area contributed by atoms with Crippen LogP contribution in [-0.4, -0.2) is 64.5 Å². The Kier molecular flexibility index (Phi) is 7.78. The van der Waals surface area contributed by atoms with Gasteiger partial charge in [-0.25, -0.2) is 4.79 Å². The van der Waals surface area contributed by atoms with Gasteiger partial charge in [-0.2, -0.15) is 0 Å². The number of amides is 3. The van der Waals surface area contributed by atoms with Gasteiger partial charge in [0, 0.05) is 41.9 Å². The molecule has 0 saturated carbocycles. The van der Waals surface area contributed by atoms with E-state index in [0.29, 0.717) is 28.6 Å². The highest BCUT2D eigenvalue weighted by atomic mass is 35.5. The predicted octanol–water partition coefficient (Wildman–Crippen LogP) is 3.95. The monoisotopic (exact) mass is 504 g/mol. The number of aliphatic hydroxyl groups excluding tert-OH is 2. The van der Waals surface area contributed by atoms with E-state index in [2.05, 4.69) is 0 Å². The lowest BCUT2D eigenvalue weighted by atomic mass is 9.88. The van der Waals surface area contributed by atoms with Crippen molar-refractivity contribution in [1.82, 2.24) is 9.80 Å². The van der Waals surface area contributed by atoms with Gasteiger partial charge in [-0.05, 0) is 54.7 Å². The van der Waals surface area contributed by atoms with Crippen molar-refractivity contribution in [2.45, 2.75) is 25.5 Å². The first-order valence-electron chi connectivity index (χ1n) is 11.2. The van der Waals surface area contributed by atoms with Gasteiger partial charge >= 0.3 is 6.03 Å². The smallest absolute Gasteiger partial charge is 0.329 e. The topological polar surface area (TPSA) is 90.3 Å². The summed E-state index contributed by atoms with van der Waals surface area (Å²) in [7, 11) is 0. The minimum absolute atomic E-state index is 0.0992. The molecule has 2 heterocycles. The van der Waals surface area contributed by atoms with Crippen molar-refractivity contribution in [3.63, 3.8) is 0 Å². The summed E-state index contributed by atoms with van der Waals surface area (Å²) in [4.78, 5) is 29.5. The second-order valence-corrected chi connectivity index (χ2v) is 9.15. The van der Waals surface area contributed by atoms with Crippen molar-refractivity contribution in [3.05, 3.63) is 75.3 Å². The Labute approximate surface area is 208 Å². The van der Waals surface area contributed by atoms with Crippen molar-refractivity contribution in [1.29, 1.82) is 0 Å². The van der Waals surface area contributed by atoms with Crippen molar-refractivity contribution >= 4 is 40.9 Å².